The van der Waals surface area contributed by atoms with E-state index in [1.165, 1.54) is 23.3 Å². The molecule has 0 amide bonds. The minimum Gasteiger partial charge on any atom is -0.494 e. The second kappa shape index (κ2) is 11.6. The second-order valence-corrected chi connectivity index (χ2v) is 12.9. The first kappa shape index (κ1) is 25.7. The Hall–Kier alpha value is -2.93. The molecule has 0 atom stereocenters. The zero-order valence-corrected chi connectivity index (χ0v) is 23.7. The van der Waals surface area contributed by atoms with Gasteiger partial charge in [-0.3, -0.25) is 0 Å². The van der Waals surface area contributed by atoms with Gasteiger partial charge in [-0.25, -0.2) is 4.98 Å². The zero-order valence-electron chi connectivity index (χ0n) is 22.0. The van der Waals surface area contributed by atoms with Gasteiger partial charge in [0.05, 0.1) is 23.0 Å². The maximum Gasteiger partial charge on any atom is 0.229 e. The van der Waals surface area contributed by atoms with Crippen LogP contribution in [0.5, 0.6) is 5.75 Å². The molecule has 1 aliphatic heterocycles. The highest BCUT2D eigenvalue weighted by atomic mass is 32.1. The first-order valence-electron chi connectivity index (χ1n) is 12.8. The number of nitrogens with one attached hydrogen (secondary N) is 2. The second-order valence-electron chi connectivity index (χ2n) is 9.15. The fraction of sp³-hybridized carbons (Fsp3) is 0.357. The predicted molar refractivity (Wildman–Crippen MR) is 161 cm³/mol. The van der Waals surface area contributed by atoms with Crippen molar-refractivity contribution in [2.24, 2.45) is 0 Å². The quantitative estimate of drug-likeness (QED) is 0.252. The van der Waals surface area contributed by atoms with Gasteiger partial charge in [-0.05, 0) is 54.3 Å². The van der Waals surface area contributed by atoms with E-state index in [1.807, 2.05) is 6.07 Å². The van der Waals surface area contributed by atoms with Crippen LogP contribution in [0.1, 0.15) is 13.8 Å². The maximum absolute atomic E-state index is 5.77. The molecule has 0 saturated carbocycles. The molecule has 0 spiro atoms. The van der Waals surface area contributed by atoms with Gasteiger partial charge in [0.2, 0.25) is 5.95 Å². The van der Waals surface area contributed by atoms with Gasteiger partial charge in [-0.2, -0.15) is 4.98 Å². The van der Waals surface area contributed by atoms with Crippen molar-refractivity contribution in [2.45, 2.75) is 13.8 Å². The molecule has 5 rings (SSSR count). The summed E-state index contributed by atoms with van der Waals surface area (Å²) >= 11 is 1.66. The van der Waals surface area contributed by atoms with E-state index in [-0.39, 0.29) is 7.92 Å². The number of fused-ring (bicyclic) bond motifs is 1. The summed E-state index contributed by atoms with van der Waals surface area (Å²) < 4.78 is 6.82. The Morgan fingerprint density at radius 2 is 1.73 bits per heavy atom. The molecule has 1 fully saturated rings. The summed E-state index contributed by atoms with van der Waals surface area (Å²) in [6, 6.07) is 17.0. The van der Waals surface area contributed by atoms with Gasteiger partial charge in [0.1, 0.15) is 5.75 Å². The van der Waals surface area contributed by atoms with Gasteiger partial charge in [0.25, 0.3) is 0 Å². The molecule has 4 aromatic rings. The zero-order chi connectivity index (χ0) is 25.8. The lowest BCUT2D eigenvalue weighted by molar-refractivity contribution is 0.312. The number of likely N-dealkylation sites (N-methyl/N-ethyl adjacent to an activating group) is 1. The third kappa shape index (κ3) is 5.66. The van der Waals surface area contributed by atoms with Gasteiger partial charge >= 0.3 is 0 Å². The Labute approximate surface area is 224 Å². The van der Waals surface area contributed by atoms with Crippen molar-refractivity contribution in [2.75, 3.05) is 68.2 Å². The number of aromatic nitrogens is 2. The molecule has 7 nitrogen and oxygen atoms in total. The number of piperazine rings is 1. The van der Waals surface area contributed by atoms with E-state index in [0.29, 0.717) is 5.95 Å². The van der Waals surface area contributed by atoms with Gasteiger partial charge in [0.15, 0.2) is 5.82 Å². The van der Waals surface area contributed by atoms with Crippen LogP contribution in [0.15, 0.2) is 53.9 Å². The molecule has 3 heterocycles. The largest absolute Gasteiger partial charge is 0.494 e. The number of methoxy groups -OCH3 is 1. The van der Waals surface area contributed by atoms with E-state index >= 15 is 0 Å². The molecule has 2 aromatic heterocycles. The van der Waals surface area contributed by atoms with Crippen molar-refractivity contribution in [1.29, 1.82) is 0 Å². The number of ether oxygens (including phenoxy) is 1. The lowest BCUT2D eigenvalue weighted by Crippen LogP contribution is -2.44. The van der Waals surface area contributed by atoms with Crippen LogP contribution < -0.4 is 25.6 Å². The monoisotopic (exact) mass is 534 g/mol. The van der Waals surface area contributed by atoms with Crippen LogP contribution in [0.4, 0.5) is 28.8 Å². The molecule has 194 valence electrons. The highest BCUT2D eigenvalue weighted by Gasteiger charge is 2.18. The predicted octanol–water partition coefficient (Wildman–Crippen LogP) is 6.09. The highest BCUT2D eigenvalue weighted by molar-refractivity contribution is 7.65. The van der Waals surface area contributed by atoms with Crippen LogP contribution in [0, 0.1) is 0 Å². The number of hydrogen-bond donors (Lipinski definition) is 2. The Morgan fingerprint density at radius 1 is 0.946 bits per heavy atom. The highest BCUT2D eigenvalue weighted by Crippen LogP contribution is 2.38. The van der Waals surface area contributed by atoms with Crippen LogP contribution in [0.2, 0.25) is 0 Å². The van der Waals surface area contributed by atoms with Gasteiger partial charge in [0, 0.05) is 43.6 Å². The number of rotatable bonds is 9. The molecule has 0 unspecified atom stereocenters. The molecule has 2 N–H and O–H groups in total. The standard InChI is InChI=1S/C28H35N6OPS/c1-5-36(6-2)25-10-8-7-9-22(25)29-27-26-23(13-18-37-26)31-28(32-27)30-21-12-11-20(19-24(21)35-4)34-16-14-33(3)15-17-34/h7-13,18-19H,5-6,14-17H2,1-4H3,(H2,29,30,31,32). The fourth-order valence-electron chi connectivity index (χ4n) is 4.72. The van der Waals surface area contributed by atoms with Gasteiger partial charge in [-0.15, -0.1) is 11.3 Å². The number of benzene rings is 2. The van der Waals surface area contributed by atoms with Crippen molar-refractivity contribution in [3.05, 3.63) is 53.9 Å². The molecular formula is C28H35N6OPS. The topological polar surface area (TPSA) is 65.6 Å². The van der Waals surface area contributed by atoms with Gasteiger partial charge in [-0.1, -0.05) is 40.0 Å². The molecule has 0 bridgehead atoms. The summed E-state index contributed by atoms with van der Waals surface area (Å²) in [5.74, 6) is 2.15. The fourth-order valence-corrected chi connectivity index (χ4v) is 7.39. The molecule has 37 heavy (non-hydrogen) atoms. The van der Waals surface area contributed by atoms with Crippen molar-refractivity contribution < 1.29 is 4.74 Å². The summed E-state index contributed by atoms with van der Waals surface area (Å²) in [4.78, 5) is 14.5. The van der Waals surface area contributed by atoms with Crippen LogP contribution >= 0.6 is 19.3 Å². The first-order chi connectivity index (χ1) is 18.1. The van der Waals surface area contributed by atoms with Crippen LogP contribution in [-0.4, -0.2) is 67.5 Å². The van der Waals surface area contributed by atoms with Crippen LogP contribution in [-0.2, 0) is 0 Å². The average Bonchev–Trinajstić information content (AvgIpc) is 3.40. The van der Waals surface area contributed by atoms with Gasteiger partial charge < -0.3 is 25.2 Å². The number of para-hydroxylation sites is 1. The smallest absolute Gasteiger partial charge is 0.229 e. The van der Waals surface area contributed by atoms with E-state index in [9.17, 15) is 0 Å². The minimum atomic E-state index is -0.207. The Balaban J connectivity index is 1.44. The summed E-state index contributed by atoms with van der Waals surface area (Å²) in [7, 11) is 3.67. The van der Waals surface area contributed by atoms with Crippen LogP contribution in [0.25, 0.3) is 10.2 Å². The average molecular weight is 535 g/mol. The van der Waals surface area contributed by atoms with E-state index in [2.05, 4.69) is 89.2 Å². The molecular weight excluding hydrogens is 499 g/mol. The lowest BCUT2D eigenvalue weighted by Gasteiger charge is -2.34. The van der Waals surface area contributed by atoms with Crippen molar-refractivity contribution in [3.63, 3.8) is 0 Å². The number of anilines is 5. The first-order valence-corrected chi connectivity index (χ1v) is 15.4. The van der Waals surface area contributed by atoms with Crippen molar-refractivity contribution in [1.82, 2.24) is 14.9 Å². The third-order valence-corrected chi connectivity index (χ3v) is 10.4. The SMILES string of the molecule is CCP(CC)c1ccccc1Nc1nc(Nc2ccc(N3CCN(C)CC3)cc2OC)nc2ccsc12. The van der Waals surface area contributed by atoms with E-state index < -0.39 is 0 Å². The summed E-state index contributed by atoms with van der Waals surface area (Å²) in [5, 5.41) is 10.5. The van der Waals surface area contributed by atoms with Crippen molar-refractivity contribution >= 4 is 63.6 Å². The molecule has 0 radical (unpaired) electrons. The summed E-state index contributed by atoms with van der Waals surface area (Å²) in [5.41, 5.74) is 4.07. The summed E-state index contributed by atoms with van der Waals surface area (Å²) in [6.07, 6.45) is 2.33. The lowest BCUT2D eigenvalue weighted by atomic mass is 10.2. The maximum atomic E-state index is 5.77. The molecule has 0 aliphatic carbocycles. The number of thiophene rings is 1. The normalized spacial score (nSPS) is 14.4. The Kier molecular flexibility index (Phi) is 8.08. The van der Waals surface area contributed by atoms with Crippen LogP contribution in [0.3, 0.4) is 0 Å². The van der Waals surface area contributed by atoms with E-state index in [1.54, 1.807) is 18.4 Å². The molecule has 1 saturated heterocycles. The number of hydrogen-bond acceptors (Lipinski definition) is 8. The number of nitrogens with zero attached hydrogens (tertiary/aromatic N) is 4. The summed E-state index contributed by atoms with van der Waals surface area (Å²) in [6.45, 7) is 8.71. The Morgan fingerprint density at radius 3 is 2.49 bits per heavy atom. The molecule has 1 aliphatic rings. The molecule has 9 heteroatoms. The molecule has 2 aromatic carbocycles. The van der Waals surface area contributed by atoms with Crippen molar-refractivity contribution in [3.8, 4) is 5.75 Å². The third-order valence-electron chi connectivity index (χ3n) is 6.86. The van der Waals surface area contributed by atoms with E-state index in [4.69, 9.17) is 14.7 Å². The minimum absolute atomic E-state index is 0.207. The Bertz CT molecular complexity index is 1350. The van der Waals surface area contributed by atoms with E-state index in [0.717, 1.165) is 59.3 Å².